The van der Waals surface area contributed by atoms with Crippen molar-refractivity contribution < 1.29 is 32.9 Å². The summed E-state index contributed by atoms with van der Waals surface area (Å²) in [4.78, 5) is 18.1. The topological polar surface area (TPSA) is 94.9 Å². The highest BCUT2D eigenvalue weighted by Crippen LogP contribution is 1.74. The van der Waals surface area contributed by atoms with Crippen LogP contribution in [0, 0.1) is 0 Å². The molecule has 0 spiro atoms. The Balaban J connectivity index is -0.000000346. The van der Waals surface area contributed by atoms with Crippen molar-refractivity contribution in [1.29, 1.82) is 0 Å². The van der Waals surface area contributed by atoms with E-state index in [4.69, 9.17) is 9.90 Å². The normalized spacial score (nSPS) is 8.62. The van der Waals surface area contributed by atoms with Gasteiger partial charge in [-0.2, -0.15) is 0 Å². The molecule has 0 aliphatic rings. The number of carbonyl (C=O) groups is 2. The highest BCUT2D eigenvalue weighted by atomic mass is 16.4. The molecule has 188 valence electrons. The standard InChI is InChI=1S/3C6H8N.C4H12N.C2H5NO.C2H4O2/c3*1-7-5-3-2-4-6-7;1-5(2,3)4;2*1-2(3)4/h3*2-6H,1H3;1-4H3;1H3,(H2,3,4);1H3,(H,3,4)/q4*+1;;/p-1. The molecule has 0 aliphatic heterocycles. The summed E-state index contributed by atoms with van der Waals surface area (Å²) in [5, 5.41) is 8.89. The van der Waals surface area contributed by atoms with Crippen molar-refractivity contribution >= 4 is 11.9 Å². The Morgan fingerprint density at radius 2 is 0.706 bits per heavy atom. The fourth-order valence-corrected chi connectivity index (χ4v) is 1.45. The molecule has 8 heteroatoms. The van der Waals surface area contributed by atoms with Gasteiger partial charge in [0.15, 0.2) is 37.2 Å². The minimum absolute atomic E-state index is 0.333. The number of hydrogen-bond acceptors (Lipinski definition) is 3. The van der Waals surface area contributed by atoms with E-state index in [-0.39, 0.29) is 5.91 Å². The van der Waals surface area contributed by atoms with Crippen LogP contribution in [0.3, 0.4) is 0 Å². The summed E-state index contributed by atoms with van der Waals surface area (Å²) in [7, 11) is 14.5. The molecule has 3 rings (SSSR count). The number of quaternary nitrogens is 1. The summed E-state index contributed by atoms with van der Waals surface area (Å²) in [5.74, 6) is -1.42. The van der Waals surface area contributed by atoms with Crippen molar-refractivity contribution in [3.63, 3.8) is 0 Å². The molecule has 1 amide bonds. The molecule has 0 atom stereocenters. The van der Waals surface area contributed by atoms with Gasteiger partial charge in [-0.05, 0) is 6.92 Å². The predicted molar refractivity (Wildman–Crippen MR) is 132 cm³/mol. The zero-order chi connectivity index (χ0) is 27.0. The van der Waals surface area contributed by atoms with Crippen molar-refractivity contribution in [2.45, 2.75) is 13.8 Å². The number of carboxylic acid groups (broad SMARTS) is 1. The Hall–Kier alpha value is -3.65. The third kappa shape index (κ3) is 51.2. The number of aryl methyl sites for hydroxylation is 3. The SMILES string of the molecule is CC(=O)[O-].CC(N)=O.C[N+](C)(C)C.C[n+]1ccccc1.C[n+]1ccccc1.C[n+]1ccccc1. The predicted octanol–water partition coefficient (Wildman–Crippen LogP) is 0.104. The zero-order valence-electron chi connectivity index (χ0n) is 22.3. The second-order valence-electron chi connectivity index (χ2n) is 8.41. The van der Waals surface area contributed by atoms with Gasteiger partial charge >= 0.3 is 0 Å². The van der Waals surface area contributed by atoms with E-state index in [1.54, 1.807) is 0 Å². The molecule has 3 aromatic heterocycles. The summed E-state index contributed by atoms with van der Waals surface area (Å²) in [6, 6.07) is 18.0. The molecule has 8 nitrogen and oxygen atoms in total. The lowest BCUT2D eigenvalue weighted by atomic mass is 10.5. The van der Waals surface area contributed by atoms with Crippen LogP contribution in [0.5, 0.6) is 0 Å². The number of nitrogens with two attached hydrogens (primary N) is 1. The van der Waals surface area contributed by atoms with Crippen LogP contribution in [-0.4, -0.2) is 44.6 Å². The maximum Gasteiger partial charge on any atom is 0.214 e. The summed E-state index contributed by atoms with van der Waals surface area (Å²) in [6.45, 7) is 2.28. The van der Waals surface area contributed by atoms with Crippen LogP contribution in [0.4, 0.5) is 0 Å². The van der Waals surface area contributed by atoms with Crippen molar-refractivity contribution in [3.05, 3.63) is 91.8 Å². The first-order chi connectivity index (χ1) is 15.6. The van der Waals surface area contributed by atoms with Gasteiger partial charge in [-0.1, -0.05) is 18.2 Å². The van der Waals surface area contributed by atoms with Gasteiger partial charge in [-0.15, -0.1) is 0 Å². The van der Waals surface area contributed by atoms with Gasteiger partial charge in [-0.25, -0.2) is 13.7 Å². The third-order valence-electron chi connectivity index (χ3n) is 2.59. The molecule has 0 saturated carbocycles. The van der Waals surface area contributed by atoms with Crippen molar-refractivity contribution in [3.8, 4) is 0 Å². The molecular formula is C26H44N5O3+3. The number of aromatic nitrogens is 3. The molecular weight excluding hydrogens is 430 g/mol. The van der Waals surface area contributed by atoms with Crippen LogP contribution >= 0.6 is 0 Å². The number of primary amides is 1. The average molecular weight is 475 g/mol. The fourth-order valence-electron chi connectivity index (χ4n) is 1.45. The highest BCUT2D eigenvalue weighted by molar-refractivity contribution is 5.70. The molecule has 0 bridgehead atoms. The Morgan fingerprint density at radius 1 is 0.588 bits per heavy atom. The van der Waals surface area contributed by atoms with Crippen LogP contribution in [0.25, 0.3) is 0 Å². The van der Waals surface area contributed by atoms with E-state index in [1.165, 1.54) is 6.92 Å². The van der Waals surface area contributed by atoms with E-state index >= 15 is 0 Å². The van der Waals surface area contributed by atoms with Crippen LogP contribution < -0.4 is 24.5 Å². The summed E-state index contributed by atoms with van der Waals surface area (Å²) in [5.41, 5.74) is 4.47. The quantitative estimate of drug-likeness (QED) is 0.370. The molecule has 0 saturated heterocycles. The molecule has 3 aromatic rings. The number of pyridine rings is 3. The molecule has 0 fully saturated rings. The van der Waals surface area contributed by atoms with E-state index in [0.717, 1.165) is 11.4 Å². The number of nitrogens with zero attached hydrogens (tertiary/aromatic N) is 4. The van der Waals surface area contributed by atoms with Gasteiger partial charge in [0.25, 0.3) is 0 Å². The van der Waals surface area contributed by atoms with E-state index in [0.29, 0.717) is 0 Å². The molecule has 3 heterocycles. The number of rotatable bonds is 0. The third-order valence-corrected chi connectivity index (χ3v) is 2.59. The van der Waals surface area contributed by atoms with Crippen molar-refractivity contribution in [2.75, 3.05) is 28.2 Å². The van der Waals surface area contributed by atoms with Crippen LogP contribution in [-0.2, 0) is 30.7 Å². The molecule has 0 aromatic carbocycles. The fraction of sp³-hybridized carbons (Fsp3) is 0.346. The zero-order valence-corrected chi connectivity index (χ0v) is 22.3. The average Bonchev–Trinajstić information content (AvgIpc) is 2.69. The first-order valence-corrected chi connectivity index (χ1v) is 10.6. The van der Waals surface area contributed by atoms with Crippen LogP contribution in [0.1, 0.15) is 13.8 Å². The first-order valence-electron chi connectivity index (χ1n) is 10.6. The smallest absolute Gasteiger partial charge is 0.214 e. The van der Waals surface area contributed by atoms with Gasteiger partial charge in [0.2, 0.25) is 5.91 Å². The lowest BCUT2D eigenvalue weighted by molar-refractivity contribution is -0.849. The van der Waals surface area contributed by atoms with Crippen LogP contribution in [0.15, 0.2) is 91.8 Å². The number of aliphatic carboxylic acids is 1. The summed E-state index contributed by atoms with van der Waals surface area (Å²) >= 11 is 0. The molecule has 0 radical (unpaired) electrons. The molecule has 2 N–H and O–H groups in total. The molecule has 0 unspecified atom stereocenters. The second-order valence-corrected chi connectivity index (χ2v) is 8.41. The van der Waals surface area contributed by atoms with Crippen molar-refractivity contribution in [1.82, 2.24) is 0 Å². The molecule has 0 aliphatic carbocycles. The summed E-state index contributed by atoms with van der Waals surface area (Å²) < 4.78 is 7.00. The Kier molecular flexibility index (Phi) is 23.2. The van der Waals surface area contributed by atoms with Gasteiger partial charge in [0.05, 0.1) is 28.2 Å². The van der Waals surface area contributed by atoms with E-state index < -0.39 is 5.97 Å². The number of carbonyl (C=O) groups excluding carboxylic acids is 2. The second kappa shape index (κ2) is 22.5. The van der Waals surface area contributed by atoms with E-state index in [1.807, 2.05) is 127 Å². The largest absolute Gasteiger partial charge is 0.550 e. The van der Waals surface area contributed by atoms with E-state index in [2.05, 4.69) is 33.9 Å². The Bertz CT molecular complexity index is 739. The van der Waals surface area contributed by atoms with Gasteiger partial charge in [-0.3, -0.25) is 4.79 Å². The lowest BCUT2D eigenvalue weighted by Crippen LogP contribution is -2.27. The van der Waals surface area contributed by atoms with Crippen molar-refractivity contribution in [2.24, 2.45) is 26.9 Å². The first kappa shape index (κ1) is 35.0. The maximum absolute atomic E-state index is 9.22. The maximum atomic E-state index is 9.22. The minimum Gasteiger partial charge on any atom is -0.550 e. The van der Waals surface area contributed by atoms with Crippen LogP contribution in [0.2, 0.25) is 0 Å². The Labute approximate surface area is 205 Å². The minimum atomic E-state index is -1.08. The van der Waals surface area contributed by atoms with Gasteiger partial charge in [0, 0.05) is 49.3 Å². The van der Waals surface area contributed by atoms with Gasteiger partial charge in [0.1, 0.15) is 21.1 Å². The summed E-state index contributed by atoms with van der Waals surface area (Å²) in [6.07, 6.45) is 12.0. The number of carboxylic acids is 1. The van der Waals surface area contributed by atoms with Gasteiger partial charge < -0.3 is 20.1 Å². The lowest BCUT2D eigenvalue weighted by Gasteiger charge is -2.14. The monoisotopic (exact) mass is 474 g/mol. The number of amides is 1. The Morgan fingerprint density at radius 3 is 0.765 bits per heavy atom. The molecule has 34 heavy (non-hydrogen) atoms. The number of hydrogen-bond donors (Lipinski definition) is 1. The highest BCUT2D eigenvalue weighted by Gasteiger charge is 1.88. The van der Waals surface area contributed by atoms with E-state index in [9.17, 15) is 4.79 Å².